The molecule has 728 valence electrons. The summed E-state index contributed by atoms with van der Waals surface area (Å²) in [6, 6.07) is 14.3. The van der Waals surface area contributed by atoms with Gasteiger partial charge in [0.2, 0.25) is 0 Å². The Morgan fingerprint density at radius 3 is 0.689 bits per heavy atom. The van der Waals surface area contributed by atoms with Gasteiger partial charge in [-0.25, -0.2) is 9.34 Å². The molecule has 10 unspecified atom stereocenters. The van der Waals surface area contributed by atoms with Gasteiger partial charge in [0.15, 0.2) is 0 Å². The standard InChI is InChI=1S/2C29H59N2O2P.2C10H21N2OP.2C10H24NOP/c1-24(2)14-10-15-27(7)16-11-17-28(8)18-12-19-29(9)20-23-33-34(32-22-13-21-30)31(25(3)4)26(5)6;1-7-9-11-13-15-16-18-20-23-29(22-19-17-14-12-10-8-2)26-33-34(32-25-21-24-30)31(27(3)4)28(5)6;2*1-9(2)12(10(3)4)14(5)13-8-6-7-11;2*1-7-8-12-13(6)11(9(2)3)10(4)5/h24-29H,10-20,22-23H2,1-9H3;27-29H,7-23,25-26H2,1-6H3;2*9-10H,6,8H2,1-5H3;2*9-10H,7-8H2,1-6H3. The lowest BCUT2D eigenvalue weighted by molar-refractivity contribution is 0.151. The van der Waals surface area contributed by atoms with E-state index in [9.17, 15) is 0 Å². The van der Waals surface area contributed by atoms with Crippen LogP contribution >= 0.6 is 50.2 Å². The predicted octanol–water partition coefficient (Wildman–Crippen LogP) is 32.8. The smallest absolute Gasteiger partial charge is 0.259 e. The van der Waals surface area contributed by atoms with Crippen LogP contribution in [0.4, 0.5) is 0 Å². The average Bonchev–Trinajstić information content (AvgIpc) is 0.544. The van der Waals surface area contributed by atoms with Gasteiger partial charge >= 0.3 is 0 Å². The summed E-state index contributed by atoms with van der Waals surface area (Å²) in [5, 5.41) is 34.6. The lowest BCUT2D eigenvalue weighted by atomic mass is 9.91. The van der Waals surface area contributed by atoms with Crippen molar-refractivity contribution < 1.29 is 36.2 Å². The van der Waals surface area contributed by atoms with Gasteiger partial charge in [0.05, 0.1) is 103 Å². The minimum Gasteiger partial charge on any atom is -0.344 e. The molecule has 10 atom stereocenters. The lowest BCUT2D eigenvalue weighted by Crippen LogP contribution is -2.34. The molecule has 0 bridgehead atoms. The highest BCUT2D eigenvalue weighted by molar-refractivity contribution is 7.50. The highest BCUT2D eigenvalue weighted by Gasteiger charge is 2.31. The SMILES string of the molecule is CC(C)CCCC(C)CCCC(C)CCCC(C)CCOP(OCCC#N)N(C(C)C)C(C)C.CC(C)N(C(C)C)P(C)OCCC#N.CC(C)N(C(C)C)P(C)OCCC#N.CCCCCCCCCCC(CCCCCCCC)COP(OCCC#N)N(C(C)C)C(C)C.CCCOP(C)N(C(C)C)C(C)C.CCCOP(C)N(C(C)C)C(C)C. The fourth-order valence-corrected chi connectivity index (χ4v) is 25.9. The van der Waals surface area contributed by atoms with E-state index in [2.05, 4.69) is 307 Å². The molecule has 0 aliphatic heterocycles. The molecule has 18 nitrogen and oxygen atoms in total. The van der Waals surface area contributed by atoms with Gasteiger partial charge in [0.25, 0.3) is 17.1 Å². The predicted molar refractivity (Wildman–Crippen MR) is 544 cm³/mol. The van der Waals surface area contributed by atoms with Crippen LogP contribution in [0.1, 0.15) is 434 Å². The monoisotopic (exact) mass is 1840 g/mol. The first-order valence-corrected chi connectivity index (χ1v) is 58.2. The fourth-order valence-electron chi connectivity index (χ4n) is 15.3. The third kappa shape index (κ3) is 78.6. The molecule has 0 fully saturated rings. The molecule has 0 aliphatic rings. The zero-order valence-corrected chi connectivity index (χ0v) is 92.9. The molecule has 0 rings (SSSR count). The number of unbranched alkanes of at least 4 members (excludes halogenated alkanes) is 12. The van der Waals surface area contributed by atoms with Crippen molar-refractivity contribution in [3.8, 4) is 24.3 Å². The molecular formula is C98H208N10O8P6. The average molecular weight is 1840 g/mol. The topological polar surface area (TPSA) is 188 Å². The maximum atomic E-state index is 8.95. The molecule has 0 aromatic rings. The first-order chi connectivity index (χ1) is 57.6. The maximum Gasteiger partial charge on any atom is 0.259 e. The summed E-state index contributed by atoms with van der Waals surface area (Å²) in [5.41, 5.74) is 0. The Labute approximate surface area is 770 Å². The Balaban J connectivity index is -0.000000351. The summed E-state index contributed by atoms with van der Waals surface area (Å²) in [7, 11) is -4.12. The molecule has 24 heteroatoms. The molecule has 0 amide bonds. The molecule has 0 aliphatic carbocycles. The number of hydrogen-bond donors (Lipinski definition) is 0. The minimum atomic E-state index is -1.12. The summed E-state index contributed by atoms with van der Waals surface area (Å²) in [5.74, 6) is 3.88. The highest BCUT2D eigenvalue weighted by atomic mass is 31.2. The second-order valence-corrected chi connectivity index (χ2v) is 47.0. The van der Waals surface area contributed by atoms with E-state index in [0.717, 1.165) is 63.4 Å². The van der Waals surface area contributed by atoms with Crippen molar-refractivity contribution in [3.05, 3.63) is 0 Å². The maximum absolute atomic E-state index is 8.95. The Bertz CT molecular complexity index is 2270. The second kappa shape index (κ2) is 90.2. The van der Waals surface area contributed by atoms with Gasteiger partial charge in [-0.3, -0.25) is 18.7 Å². The summed E-state index contributed by atoms with van der Waals surface area (Å²) < 4.78 is 61.9. The van der Waals surface area contributed by atoms with Crippen molar-refractivity contribution in [1.82, 2.24) is 28.0 Å². The molecule has 0 radical (unpaired) electrons. The van der Waals surface area contributed by atoms with E-state index in [1.54, 1.807) is 0 Å². The Kier molecular flexibility index (Phi) is 98.1. The minimum absolute atomic E-state index is 0.357. The van der Waals surface area contributed by atoms with Crippen molar-refractivity contribution in [3.63, 3.8) is 0 Å². The van der Waals surface area contributed by atoms with Crippen molar-refractivity contribution in [2.75, 3.05) is 79.5 Å². The molecule has 122 heavy (non-hydrogen) atoms. The first kappa shape index (κ1) is 133. The summed E-state index contributed by atoms with van der Waals surface area (Å²) >= 11 is 0. The third-order valence-electron chi connectivity index (χ3n) is 20.7. The van der Waals surface area contributed by atoms with Gasteiger partial charge in [0, 0.05) is 72.5 Å². The molecule has 0 saturated heterocycles. The molecule has 0 saturated carbocycles. The second-order valence-electron chi connectivity index (χ2n) is 37.5. The fraction of sp³-hybridized carbons (Fsp3) is 0.959. The van der Waals surface area contributed by atoms with E-state index in [-0.39, 0.29) is 0 Å². The zero-order valence-electron chi connectivity index (χ0n) is 87.5. The third-order valence-corrected chi connectivity index (χ3v) is 33.4. The summed E-state index contributed by atoms with van der Waals surface area (Å²) in [4.78, 5) is 0. The quantitative estimate of drug-likeness (QED) is 0.0413. The number of rotatable bonds is 71. The number of nitriles is 4. The van der Waals surface area contributed by atoms with Crippen LogP contribution in [0.25, 0.3) is 0 Å². The first-order valence-electron chi connectivity index (χ1n) is 49.3. The van der Waals surface area contributed by atoms with Crippen molar-refractivity contribution in [2.45, 2.75) is 506 Å². The van der Waals surface area contributed by atoms with Gasteiger partial charge in [0.1, 0.15) is 33.2 Å². The Morgan fingerprint density at radius 2 is 0.443 bits per heavy atom. The van der Waals surface area contributed by atoms with Crippen molar-refractivity contribution in [1.29, 1.82) is 21.0 Å². The number of nitrogens with zero attached hydrogens (tertiary/aromatic N) is 10. The van der Waals surface area contributed by atoms with Crippen LogP contribution in [0.3, 0.4) is 0 Å². The summed E-state index contributed by atoms with van der Waals surface area (Å²) in [6.45, 7) is 87.5. The van der Waals surface area contributed by atoms with Crippen LogP contribution < -0.4 is 0 Å². The van der Waals surface area contributed by atoms with E-state index in [1.807, 2.05) is 0 Å². The molecule has 0 spiro atoms. The van der Waals surface area contributed by atoms with E-state index in [4.69, 9.17) is 57.2 Å². The zero-order chi connectivity index (χ0) is 94.5. The van der Waals surface area contributed by atoms with Gasteiger partial charge in [-0.2, -0.15) is 21.0 Å². The van der Waals surface area contributed by atoms with E-state index < -0.39 is 50.2 Å². The van der Waals surface area contributed by atoms with Gasteiger partial charge < -0.3 is 36.2 Å². The van der Waals surface area contributed by atoms with Crippen LogP contribution in [-0.2, 0) is 36.2 Å². The Hall–Kier alpha value is -0.0200. The molecule has 0 aromatic heterocycles. The normalized spacial score (nSPS) is 14.4. The molecular weight excluding hydrogens is 1630 g/mol. The van der Waals surface area contributed by atoms with Crippen LogP contribution in [0.15, 0.2) is 0 Å². The van der Waals surface area contributed by atoms with E-state index in [0.29, 0.717) is 136 Å². The van der Waals surface area contributed by atoms with Crippen LogP contribution in [0, 0.1) is 74.9 Å². The van der Waals surface area contributed by atoms with E-state index >= 15 is 0 Å². The lowest BCUT2D eigenvalue weighted by Gasteiger charge is -2.36. The van der Waals surface area contributed by atoms with Crippen LogP contribution in [-0.4, -0.2) is 180 Å². The summed E-state index contributed by atoms with van der Waals surface area (Å²) in [6.07, 6.45) is 39.1. The molecule has 0 aromatic carbocycles. The Morgan fingerprint density at radius 1 is 0.221 bits per heavy atom. The van der Waals surface area contributed by atoms with Crippen molar-refractivity contribution in [2.24, 2.45) is 29.6 Å². The van der Waals surface area contributed by atoms with Crippen LogP contribution in [0.5, 0.6) is 0 Å². The van der Waals surface area contributed by atoms with E-state index in [1.165, 1.54) is 161 Å². The van der Waals surface area contributed by atoms with Gasteiger partial charge in [-0.1, -0.05) is 210 Å². The van der Waals surface area contributed by atoms with Crippen molar-refractivity contribution >= 4 is 50.2 Å². The number of hydrogen-bond acceptors (Lipinski definition) is 18. The molecule has 0 N–H and O–H groups in total. The van der Waals surface area contributed by atoms with Crippen LogP contribution in [0.2, 0.25) is 0 Å². The molecule has 0 heterocycles. The van der Waals surface area contributed by atoms with Gasteiger partial charge in [-0.15, -0.1) is 0 Å². The largest absolute Gasteiger partial charge is 0.344 e. The van der Waals surface area contributed by atoms with Gasteiger partial charge in [-0.05, 0) is 255 Å². The highest BCUT2D eigenvalue weighted by Crippen LogP contribution is 2.49.